The molecule has 0 aliphatic rings. The van der Waals surface area contributed by atoms with Crippen LogP contribution in [-0.2, 0) is 6.54 Å². The van der Waals surface area contributed by atoms with Crippen LogP contribution in [0.5, 0.6) is 0 Å². The van der Waals surface area contributed by atoms with Gasteiger partial charge in [-0.3, -0.25) is 0 Å². The Labute approximate surface area is 148 Å². The molecule has 0 atom stereocenters. The zero-order chi connectivity index (χ0) is 16.4. The Morgan fingerprint density at radius 2 is 1.92 bits per heavy atom. The van der Waals surface area contributed by atoms with Gasteiger partial charge in [-0.05, 0) is 29.3 Å². The summed E-state index contributed by atoms with van der Waals surface area (Å²) in [6, 6.07) is 20.7. The van der Waals surface area contributed by atoms with E-state index >= 15 is 0 Å². The number of aromatic amines is 1. The van der Waals surface area contributed by atoms with Gasteiger partial charge >= 0.3 is 0 Å². The van der Waals surface area contributed by atoms with E-state index in [-0.39, 0.29) is 2.85 Å². The van der Waals surface area contributed by atoms with Gasteiger partial charge in [-0.2, -0.15) is 0 Å². The van der Waals surface area contributed by atoms with Crippen LogP contribution in [0.2, 0.25) is 5.02 Å². The second-order valence-electron chi connectivity index (χ2n) is 5.67. The van der Waals surface area contributed by atoms with Gasteiger partial charge in [-0.1, -0.05) is 54.1 Å². The first-order valence-corrected chi connectivity index (χ1v) is 8.18. The molecule has 0 radical (unpaired) electrons. The van der Waals surface area contributed by atoms with E-state index in [9.17, 15) is 0 Å². The molecule has 2 aromatic heterocycles. The highest BCUT2D eigenvalue weighted by Crippen LogP contribution is 2.30. The number of nitrogens with one attached hydrogen (secondary N) is 2. The van der Waals surface area contributed by atoms with Crippen molar-refractivity contribution in [1.29, 1.82) is 0 Å². The van der Waals surface area contributed by atoms with Gasteiger partial charge in [0.05, 0.1) is 5.02 Å². The monoisotopic (exact) mass is 337 g/mol. The smallest absolute Gasteiger partial charge is 0.137 e. The largest absolute Gasteiger partial charge is 0.381 e. The maximum atomic E-state index is 6.10. The number of anilines is 1. The Kier molecular flexibility index (Phi) is 3.93. The lowest BCUT2D eigenvalue weighted by Crippen LogP contribution is -1.98. The normalized spacial score (nSPS) is 10.9. The summed E-state index contributed by atoms with van der Waals surface area (Å²) in [6.07, 6.45) is 3.63. The molecule has 2 N–H and O–H groups in total. The first-order valence-electron chi connectivity index (χ1n) is 7.80. The van der Waals surface area contributed by atoms with E-state index in [1.165, 1.54) is 5.56 Å². The van der Waals surface area contributed by atoms with Gasteiger partial charge in [0.15, 0.2) is 0 Å². The standard InChI is InChI=1S/C20H16ClN3.2H2/c21-16-10-18-19(13-24-20(18)23-12-16)15-7-4-8-17(9-15)22-11-14-5-2-1-3-6-14;;/h1-10,12-13,22H,11H2,(H,23,24);2*1H. The topological polar surface area (TPSA) is 40.7 Å². The van der Waals surface area contributed by atoms with Crippen LogP contribution < -0.4 is 5.32 Å². The van der Waals surface area contributed by atoms with Crippen LogP contribution in [0.1, 0.15) is 8.42 Å². The third-order valence-corrected chi connectivity index (χ3v) is 4.22. The molecule has 122 valence electrons. The van der Waals surface area contributed by atoms with Crippen LogP contribution in [0.3, 0.4) is 0 Å². The number of hydrogen-bond donors (Lipinski definition) is 2. The molecule has 0 saturated carbocycles. The van der Waals surface area contributed by atoms with Crippen molar-refractivity contribution in [3.05, 3.63) is 83.6 Å². The number of rotatable bonds is 4. The van der Waals surface area contributed by atoms with E-state index < -0.39 is 0 Å². The molecule has 4 rings (SSSR count). The average molecular weight is 338 g/mol. The molecule has 0 aliphatic carbocycles. The number of hydrogen-bond acceptors (Lipinski definition) is 2. The van der Waals surface area contributed by atoms with Crippen molar-refractivity contribution >= 4 is 28.3 Å². The Morgan fingerprint density at radius 3 is 2.79 bits per heavy atom. The van der Waals surface area contributed by atoms with Crippen molar-refractivity contribution in [2.75, 3.05) is 5.32 Å². The minimum Gasteiger partial charge on any atom is -0.381 e. The summed E-state index contributed by atoms with van der Waals surface area (Å²) < 4.78 is 0. The number of aromatic nitrogens is 2. The minimum atomic E-state index is 0. The lowest BCUT2D eigenvalue weighted by Gasteiger charge is -2.08. The molecular weight excluding hydrogens is 318 g/mol. The Bertz CT molecular complexity index is 987. The molecule has 0 fully saturated rings. The van der Waals surface area contributed by atoms with Crippen molar-refractivity contribution in [2.45, 2.75) is 6.54 Å². The Balaban J connectivity index is 0.00000121. The van der Waals surface area contributed by atoms with Crippen LogP contribution in [0.4, 0.5) is 5.69 Å². The highest BCUT2D eigenvalue weighted by atomic mass is 35.5. The molecule has 0 bridgehead atoms. The predicted octanol–water partition coefficient (Wildman–Crippen LogP) is 5.99. The second-order valence-corrected chi connectivity index (χ2v) is 6.11. The summed E-state index contributed by atoms with van der Waals surface area (Å²) in [7, 11) is 0. The van der Waals surface area contributed by atoms with Crippen molar-refractivity contribution in [2.24, 2.45) is 0 Å². The van der Waals surface area contributed by atoms with Gasteiger partial charge < -0.3 is 10.3 Å². The number of pyridine rings is 1. The van der Waals surface area contributed by atoms with Crippen molar-refractivity contribution in [3.63, 3.8) is 0 Å². The first kappa shape index (κ1) is 14.8. The van der Waals surface area contributed by atoms with E-state index in [4.69, 9.17) is 11.6 Å². The molecule has 0 amide bonds. The fourth-order valence-electron chi connectivity index (χ4n) is 2.81. The van der Waals surface area contributed by atoms with E-state index in [0.29, 0.717) is 5.02 Å². The van der Waals surface area contributed by atoms with Crippen LogP contribution >= 0.6 is 11.6 Å². The van der Waals surface area contributed by atoms with Crippen LogP contribution in [-0.4, -0.2) is 9.97 Å². The molecule has 0 spiro atoms. The van der Waals surface area contributed by atoms with E-state index in [1.54, 1.807) is 6.20 Å². The van der Waals surface area contributed by atoms with Crippen molar-refractivity contribution in [1.82, 2.24) is 9.97 Å². The maximum absolute atomic E-state index is 6.10. The first-order chi connectivity index (χ1) is 11.8. The van der Waals surface area contributed by atoms with Gasteiger partial charge in [-0.25, -0.2) is 4.98 Å². The van der Waals surface area contributed by atoms with Crippen molar-refractivity contribution < 1.29 is 2.85 Å². The number of H-pyrrole nitrogens is 1. The quantitative estimate of drug-likeness (QED) is 0.480. The lowest BCUT2D eigenvalue weighted by atomic mass is 10.1. The van der Waals surface area contributed by atoms with Crippen molar-refractivity contribution in [3.8, 4) is 11.1 Å². The number of benzene rings is 2. The van der Waals surface area contributed by atoms with Gasteiger partial charge in [-0.15, -0.1) is 0 Å². The minimum absolute atomic E-state index is 0. The molecule has 24 heavy (non-hydrogen) atoms. The fraction of sp³-hybridized carbons (Fsp3) is 0.0500. The SMILES string of the molecule is Clc1cnc2[nH]cc(-c3cccc(NCc4ccccc4)c3)c2c1.[HH].[HH]. The summed E-state index contributed by atoms with van der Waals surface area (Å²) in [4.78, 5) is 7.52. The maximum Gasteiger partial charge on any atom is 0.137 e. The molecule has 2 aromatic carbocycles. The molecule has 2 heterocycles. The van der Waals surface area contributed by atoms with Gasteiger partial charge in [0.2, 0.25) is 0 Å². The summed E-state index contributed by atoms with van der Waals surface area (Å²) in [6.45, 7) is 0.797. The van der Waals surface area contributed by atoms with Gasteiger partial charge in [0.25, 0.3) is 0 Å². The number of fused-ring (bicyclic) bond motifs is 1. The third-order valence-electron chi connectivity index (χ3n) is 4.01. The fourth-order valence-corrected chi connectivity index (χ4v) is 2.97. The van der Waals surface area contributed by atoms with E-state index in [2.05, 4.69) is 63.8 Å². The van der Waals surface area contributed by atoms with Crippen LogP contribution in [0.15, 0.2) is 73.1 Å². The zero-order valence-corrected chi connectivity index (χ0v) is 13.7. The highest BCUT2D eigenvalue weighted by molar-refractivity contribution is 6.31. The Morgan fingerprint density at radius 1 is 1.04 bits per heavy atom. The number of nitrogens with zero attached hydrogens (tertiary/aromatic N) is 1. The molecule has 0 saturated heterocycles. The van der Waals surface area contributed by atoms with E-state index in [1.807, 2.05) is 18.3 Å². The van der Waals surface area contributed by atoms with Gasteiger partial charge in [0.1, 0.15) is 5.65 Å². The van der Waals surface area contributed by atoms with E-state index in [0.717, 1.165) is 34.4 Å². The van der Waals surface area contributed by atoms with Crippen LogP contribution in [0.25, 0.3) is 22.2 Å². The Hall–Kier alpha value is -2.78. The molecule has 0 unspecified atom stereocenters. The third kappa shape index (κ3) is 2.99. The zero-order valence-electron chi connectivity index (χ0n) is 13.0. The molecule has 4 heteroatoms. The summed E-state index contributed by atoms with van der Waals surface area (Å²) in [5, 5.41) is 5.14. The number of halogens is 1. The highest BCUT2D eigenvalue weighted by Gasteiger charge is 2.08. The molecule has 0 aliphatic heterocycles. The predicted molar refractivity (Wildman–Crippen MR) is 105 cm³/mol. The molecule has 3 nitrogen and oxygen atoms in total. The van der Waals surface area contributed by atoms with Gasteiger partial charge in [0, 0.05) is 38.4 Å². The summed E-state index contributed by atoms with van der Waals surface area (Å²) in [5.74, 6) is 0. The summed E-state index contributed by atoms with van der Waals surface area (Å²) in [5.41, 5.74) is 5.41. The molecule has 4 aromatic rings. The summed E-state index contributed by atoms with van der Waals surface area (Å²) >= 11 is 6.10. The lowest BCUT2D eigenvalue weighted by molar-refractivity contribution is 1.15. The molecular formula is C20H20ClN3. The van der Waals surface area contributed by atoms with Crippen LogP contribution in [0, 0.1) is 0 Å². The second kappa shape index (κ2) is 6.38. The average Bonchev–Trinajstić information content (AvgIpc) is 3.04.